The van der Waals surface area contributed by atoms with Crippen molar-refractivity contribution in [2.45, 2.75) is 31.3 Å². The first-order valence-corrected chi connectivity index (χ1v) is 4.44. The van der Waals surface area contributed by atoms with Crippen LogP contribution in [0.15, 0.2) is 0 Å². The predicted molar refractivity (Wildman–Crippen MR) is 46.5 cm³/mol. The van der Waals surface area contributed by atoms with Crippen molar-refractivity contribution in [2.24, 2.45) is 0 Å². The number of likely N-dealkylation sites (N-methyl/N-ethyl adjacent to an activating group) is 1. The van der Waals surface area contributed by atoms with Gasteiger partial charge < -0.3 is 5.11 Å². The summed E-state index contributed by atoms with van der Waals surface area (Å²) in [6.07, 6.45) is 4.03. The van der Waals surface area contributed by atoms with Gasteiger partial charge in [0.15, 0.2) is 0 Å². The molecular formula is C9H16N2O. The lowest BCUT2D eigenvalue weighted by molar-refractivity contribution is 0.0195. The van der Waals surface area contributed by atoms with Crippen molar-refractivity contribution in [3.8, 4) is 6.07 Å². The van der Waals surface area contributed by atoms with Crippen LogP contribution in [-0.4, -0.2) is 35.7 Å². The second-order valence-electron chi connectivity index (χ2n) is 3.76. The molecule has 68 valence electrons. The summed E-state index contributed by atoms with van der Waals surface area (Å²) in [6.45, 7) is 1.04. The molecule has 0 aromatic heterocycles. The van der Waals surface area contributed by atoms with E-state index in [0.717, 1.165) is 25.7 Å². The predicted octanol–water partition coefficient (Wildman–Crippen LogP) is 0.747. The topological polar surface area (TPSA) is 47.3 Å². The van der Waals surface area contributed by atoms with E-state index in [4.69, 9.17) is 5.26 Å². The van der Waals surface area contributed by atoms with Gasteiger partial charge in [0, 0.05) is 6.54 Å². The molecule has 1 fully saturated rings. The number of nitrogens with zero attached hydrogens (tertiary/aromatic N) is 2. The first kappa shape index (κ1) is 9.50. The van der Waals surface area contributed by atoms with Crippen LogP contribution in [0.2, 0.25) is 0 Å². The Bertz CT molecular complexity index is 179. The SMILES string of the molecule is CN(CC#N)CC1(O)CCCC1. The zero-order valence-electron chi connectivity index (χ0n) is 7.58. The van der Waals surface area contributed by atoms with Crippen molar-refractivity contribution in [3.63, 3.8) is 0 Å². The fourth-order valence-electron chi connectivity index (χ4n) is 1.87. The maximum absolute atomic E-state index is 9.94. The summed E-state index contributed by atoms with van der Waals surface area (Å²) in [5, 5.41) is 18.4. The van der Waals surface area contributed by atoms with Crippen molar-refractivity contribution in [2.75, 3.05) is 20.1 Å². The summed E-state index contributed by atoms with van der Waals surface area (Å²) in [5.74, 6) is 0. The minimum atomic E-state index is -0.508. The maximum Gasteiger partial charge on any atom is 0.0864 e. The summed E-state index contributed by atoms with van der Waals surface area (Å²) >= 11 is 0. The second kappa shape index (κ2) is 3.88. The molecule has 0 bridgehead atoms. The molecule has 0 heterocycles. The summed E-state index contributed by atoms with van der Waals surface area (Å²) in [5.41, 5.74) is -0.508. The van der Waals surface area contributed by atoms with Gasteiger partial charge in [0.2, 0.25) is 0 Å². The van der Waals surface area contributed by atoms with E-state index < -0.39 is 5.60 Å². The molecule has 3 heteroatoms. The van der Waals surface area contributed by atoms with Crippen LogP contribution in [0.5, 0.6) is 0 Å². The highest BCUT2D eigenvalue weighted by atomic mass is 16.3. The van der Waals surface area contributed by atoms with Gasteiger partial charge in [-0.15, -0.1) is 0 Å². The molecule has 1 rings (SSSR count). The summed E-state index contributed by atoms with van der Waals surface area (Å²) in [4.78, 5) is 1.88. The molecule has 1 aliphatic rings. The van der Waals surface area contributed by atoms with Crippen molar-refractivity contribution in [1.29, 1.82) is 5.26 Å². The number of rotatable bonds is 3. The zero-order valence-corrected chi connectivity index (χ0v) is 7.58. The van der Waals surface area contributed by atoms with Crippen molar-refractivity contribution in [1.82, 2.24) is 4.90 Å². The Labute approximate surface area is 73.6 Å². The Hall–Kier alpha value is -0.590. The van der Waals surface area contributed by atoms with E-state index in [1.165, 1.54) is 0 Å². The fourth-order valence-corrected chi connectivity index (χ4v) is 1.87. The van der Waals surface area contributed by atoms with Crippen molar-refractivity contribution in [3.05, 3.63) is 0 Å². The Morgan fingerprint density at radius 2 is 2.08 bits per heavy atom. The molecule has 0 unspecified atom stereocenters. The third kappa shape index (κ3) is 2.47. The molecule has 0 spiro atoms. The van der Waals surface area contributed by atoms with E-state index in [9.17, 15) is 5.11 Å². The van der Waals surface area contributed by atoms with E-state index >= 15 is 0 Å². The number of aliphatic hydroxyl groups is 1. The van der Waals surface area contributed by atoms with Crippen LogP contribution in [0.1, 0.15) is 25.7 Å². The van der Waals surface area contributed by atoms with Gasteiger partial charge in [-0.2, -0.15) is 5.26 Å². The Balaban J connectivity index is 2.34. The first-order chi connectivity index (χ1) is 5.66. The van der Waals surface area contributed by atoms with E-state index in [1.807, 2.05) is 11.9 Å². The molecule has 3 nitrogen and oxygen atoms in total. The molecule has 0 amide bonds. The monoisotopic (exact) mass is 168 g/mol. The third-order valence-electron chi connectivity index (χ3n) is 2.44. The van der Waals surface area contributed by atoms with Gasteiger partial charge in [0.1, 0.15) is 0 Å². The summed E-state index contributed by atoms with van der Waals surface area (Å²) in [7, 11) is 1.87. The standard InChI is InChI=1S/C9H16N2O/c1-11(7-6-10)8-9(12)4-2-3-5-9/h12H,2-5,7-8H2,1H3. The van der Waals surface area contributed by atoms with Gasteiger partial charge in [-0.25, -0.2) is 0 Å². The lowest BCUT2D eigenvalue weighted by Crippen LogP contribution is -2.39. The van der Waals surface area contributed by atoms with Crippen LogP contribution in [0.25, 0.3) is 0 Å². The average Bonchev–Trinajstić information content (AvgIpc) is 2.36. The van der Waals surface area contributed by atoms with Gasteiger partial charge in [0.05, 0.1) is 18.2 Å². The molecular weight excluding hydrogens is 152 g/mol. The van der Waals surface area contributed by atoms with Crippen LogP contribution in [-0.2, 0) is 0 Å². The molecule has 12 heavy (non-hydrogen) atoms. The van der Waals surface area contributed by atoms with E-state index in [0.29, 0.717) is 13.1 Å². The van der Waals surface area contributed by atoms with Crippen LogP contribution >= 0.6 is 0 Å². The highest BCUT2D eigenvalue weighted by Crippen LogP contribution is 2.29. The molecule has 1 saturated carbocycles. The molecule has 1 aliphatic carbocycles. The summed E-state index contributed by atoms with van der Waals surface area (Å²) in [6, 6.07) is 2.07. The minimum Gasteiger partial charge on any atom is -0.389 e. The van der Waals surface area contributed by atoms with Gasteiger partial charge in [-0.1, -0.05) is 12.8 Å². The van der Waals surface area contributed by atoms with Crippen LogP contribution in [0.4, 0.5) is 0 Å². The second-order valence-corrected chi connectivity index (χ2v) is 3.76. The van der Waals surface area contributed by atoms with Crippen LogP contribution < -0.4 is 0 Å². The van der Waals surface area contributed by atoms with Gasteiger partial charge >= 0.3 is 0 Å². The molecule has 0 radical (unpaired) electrons. The lowest BCUT2D eigenvalue weighted by Gasteiger charge is -2.26. The zero-order chi connectivity index (χ0) is 9.03. The average molecular weight is 168 g/mol. The molecule has 0 aliphatic heterocycles. The van der Waals surface area contributed by atoms with Crippen LogP contribution in [0, 0.1) is 11.3 Å². The number of hydrogen-bond acceptors (Lipinski definition) is 3. The van der Waals surface area contributed by atoms with E-state index in [-0.39, 0.29) is 0 Å². The van der Waals surface area contributed by atoms with Gasteiger partial charge in [-0.05, 0) is 19.9 Å². The fraction of sp³-hybridized carbons (Fsp3) is 0.889. The number of nitriles is 1. The largest absolute Gasteiger partial charge is 0.389 e. The Kier molecular flexibility index (Phi) is 3.07. The van der Waals surface area contributed by atoms with Crippen molar-refractivity contribution < 1.29 is 5.11 Å². The molecule has 1 N–H and O–H groups in total. The smallest absolute Gasteiger partial charge is 0.0864 e. The van der Waals surface area contributed by atoms with E-state index in [2.05, 4.69) is 6.07 Å². The summed E-state index contributed by atoms with van der Waals surface area (Å²) < 4.78 is 0. The van der Waals surface area contributed by atoms with E-state index in [1.54, 1.807) is 0 Å². The van der Waals surface area contributed by atoms with Gasteiger partial charge in [0.25, 0.3) is 0 Å². The maximum atomic E-state index is 9.94. The highest BCUT2D eigenvalue weighted by Gasteiger charge is 2.31. The Morgan fingerprint density at radius 1 is 1.50 bits per heavy atom. The van der Waals surface area contributed by atoms with Gasteiger partial charge in [-0.3, -0.25) is 4.90 Å². The first-order valence-electron chi connectivity index (χ1n) is 4.44. The van der Waals surface area contributed by atoms with Crippen molar-refractivity contribution >= 4 is 0 Å². The normalized spacial score (nSPS) is 21.2. The highest BCUT2D eigenvalue weighted by molar-refractivity contribution is 4.88. The molecule has 0 atom stereocenters. The molecule has 0 saturated heterocycles. The lowest BCUT2D eigenvalue weighted by atomic mass is 10.0. The minimum absolute atomic E-state index is 0.405. The molecule has 0 aromatic carbocycles. The number of hydrogen-bond donors (Lipinski definition) is 1. The Morgan fingerprint density at radius 3 is 2.58 bits per heavy atom. The molecule has 0 aromatic rings. The quantitative estimate of drug-likeness (QED) is 0.632. The third-order valence-corrected chi connectivity index (χ3v) is 2.44. The van der Waals surface area contributed by atoms with Crippen LogP contribution in [0.3, 0.4) is 0 Å².